The zero-order chi connectivity index (χ0) is 10.6. The maximum atomic E-state index is 11.7. The van der Waals surface area contributed by atoms with Gasteiger partial charge >= 0.3 is 6.18 Å². The third-order valence-electron chi connectivity index (χ3n) is 1.53. The zero-order valence-corrected chi connectivity index (χ0v) is 7.64. The summed E-state index contributed by atoms with van der Waals surface area (Å²) in [5, 5.41) is 0. The van der Waals surface area contributed by atoms with Crippen molar-refractivity contribution in [2.45, 2.75) is 19.5 Å². The van der Waals surface area contributed by atoms with Crippen molar-refractivity contribution in [3.63, 3.8) is 0 Å². The molecule has 0 atom stereocenters. The fourth-order valence-corrected chi connectivity index (χ4v) is 0.859. The van der Waals surface area contributed by atoms with Crippen LogP contribution in [-0.2, 0) is 0 Å². The summed E-state index contributed by atoms with van der Waals surface area (Å²) in [5.41, 5.74) is 0.905. The minimum Gasteiger partial charge on any atom is -0.477 e. The molecule has 2 nitrogen and oxygen atoms in total. The Balaban J connectivity index is 2.39. The molecule has 0 bridgehead atoms. The van der Waals surface area contributed by atoms with Crippen LogP contribution in [0.4, 0.5) is 13.2 Å². The second kappa shape index (κ2) is 4.30. The minimum absolute atomic E-state index is 0.231. The number of alkyl halides is 3. The van der Waals surface area contributed by atoms with Crippen LogP contribution >= 0.6 is 0 Å². The van der Waals surface area contributed by atoms with Crippen molar-refractivity contribution >= 4 is 0 Å². The molecule has 0 unspecified atom stereocenters. The molecule has 0 aliphatic heterocycles. The molecule has 78 valence electrons. The first-order chi connectivity index (χ1) is 6.47. The SMILES string of the molecule is Cc1ccnc(OCCC(F)(F)F)c1. The summed E-state index contributed by atoms with van der Waals surface area (Å²) in [6.45, 7) is 1.43. The largest absolute Gasteiger partial charge is 0.477 e. The van der Waals surface area contributed by atoms with Crippen LogP contribution in [0.2, 0.25) is 0 Å². The van der Waals surface area contributed by atoms with Gasteiger partial charge in [-0.3, -0.25) is 0 Å². The Morgan fingerprint density at radius 3 is 2.71 bits per heavy atom. The second-order valence-electron chi connectivity index (χ2n) is 2.89. The van der Waals surface area contributed by atoms with E-state index in [-0.39, 0.29) is 12.5 Å². The molecule has 0 spiro atoms. The van der Waals surface area contributed by atoms with Gasteiger partial charge in [0.15, 0.2) is 0 Å². The van der Waals surface area contributed by atoms with Gasteiger partial charge in [-0.15, -0.1) is 0 Å². The number of halogens is 3. The van der Waals surface area contributed by atoms with Gasteiger partial charge in [0.1, 0.15) is 0 Å². The standard InChI is InChI=1S/C9H10F3NO/c1-7-2-4-13-8(6-7)14-5-3-9(10,11)12/h2,4,6H,3,5H2,1H3. The van der Waals surface area contributed by atoms with Crippen LogP contribution < -0.4 is 4.74 Å². The third-order valence-corrected chi connectivity index (χ3v) is 1.53. The Kier molecular flexibility index (Phi) is 3.33. The average Bonchev–Trinajstić information content (AvgIpc) is 2.01. The zero-order valence-electron chi connectivity index (χ0n) is 7.64. The molecule has 0 amide bonds. The van der Waals surface area contributed by atoms with Crippen LogP contribution in [0.5, 0.6) is 5.88 Å². The average molecular weight is 205 g/mol. The van der Waals surface area contributed by atoms with E-state index < -0.39 is 12.6 Å². The first-order valence-corrected chi connectivity index (χ1v) is 4.09. The topological polar surface area (TPSA) is 22.1 Å². The van der Waals surface area contributed by atoms with Crippen LogP contribution in [0, 0.1) is 6.92 Å². The maximum Gasteiger partial charge on any atom is 0.392 e. The molecule has 0 aliphatic carbocycles. The van der Waals surface area contributed by atoms with E-state index in [1.165, 1.54) is 6.20 Å². The molecule has 0 radical (unpaired) electrons. The van der Waals surface area contributed by atoms with Gasteiger partial charge in [0, 0.05) is 12.3 Å². The summed E-state index contributed by atoms with van der Waals surface area (Å²) in [6, 6.07) is 3.34. The van der Waals surface area contributed by atoms with E-state index in [0.717, 1.165) is 5.56 Å². The molecule has 1 heterocycles. The molecule has 0 saturated carbocycles. The van der Waals surface area contributed by atoms with Crippen molar-refractivity contribution in [3.8, 4) is 5.88 Å². The van der Waals surface area contributed by atoms with Gasteiger partial charge in [-0.25, -0.2) is 4.98 Å². The molecule has 0 saturated heterocycles. The maximum absolute atomic E-state index is 11.7. The molecular weight excluding hydrogens is 195 g/mol. The van der Waals surface area contributed by atoms with Crippen LogP contribution in [0.3, 0.4) is 0 Å². The lowest BCUT2D eigenvalue weighted by molar-refractivity contribution is -0.139. The van der Waals surface area contributed by atoms with Crippen LogP contribution in [0.15, 0.2) is 18.3 Å². The minimum atomic E-state index is -4.18. The molecule has 1 rings (SSSR count). The number of rotatable bonds is 3. The van der Waals surface area contributed by atoms with Gasteiger partial charge in [-0.05, 0) is 18.6 Å². The molecule has 5 heteroatoms. The highest BCUT2D eigenvalue weighted by atomic mass is 19.4. The molecule has 14 heavy (non-hydrogen) atoms. The van der Waals surface area contributed by atoms with Gasteiger partial charge < -0.3 is 4.74 Å². The van der Waals surface area contributed by atoms with Crippen LogP contribution in [-0.4, -0.2) is 17.8 Å². The fourth-order valence-electron chi connectivity index (χ4n) is 0.859. The predicted molar refractivity (Wildman–Crippen MR) is 45.1 cm³/mol. The van der Waals surface area contributed by atoms with Crippen molar-refractivity contribution in [1.29, 1.82) is 0 Å². The molecule has 0 aromatic carbocycles. The van der Waals surface area contributed by atoms with E-state index in [9.17, 15) is 13.2 Å². The van der Waals surface area contributed by atoms with Crippen LogP contribution in [0.25, 0.3) is 0 Å². The Bertz CT molecular complexity index is 298. The van der Waals surface area contributed by atoms with Crippen LogP contribution in [0.1, 0.15) is 12.0 Å². The number of hydrogen-bond donors (Lipinski definition) is 0. The summed E-state index contributed by atoms with van der Waals surface area (Å²) in [7, 11) is 0. The van der Waals surface area contributed by atoms with E-state index in [4.69, 9.17) is 4.74 Å². The number of aromatic nitrogens is 1. The number of hydrogen-bond acceptors (Lipinski definition) is 2. The lowest BCUT2D eigenvalue weighted by Crippen LogP contribution is -2.13. The molecule has 1 aromatic heterocycles. The van der Waals surface area contributed by atoms with E-state index in [0.29, 0.717) is 0 Å². The highest BCUT2D eigenvalue weighted by Gasteiger charge is 2.26. The quantitative estimate of drug-likeness (QED) is 0.756. The molecule has 0 N–H and O–H groups in total. The number of ether oxygens (including phenoxy) is 1. The summed E-state index contributed by atoms with van der Waals surface area (Å²) < 4.78 is 40.0. The predicted octanol–water partition coefficient (Wildman–Crippen LogP) is 2.72. The molecule has 0 fully saturated rings. The van der Waals surface area contributed by atoms with E-state index >= 15 is 0 Å². The van der Waals surface area contributed by atoms with E-state index in [2.05, 4.69) is 4.98 Å². The van der Waals surface area contributed by atoms with Crippen molar-refractivity contribution in [3.05, 3.63) is 23.9 Å². The molecule has 1 aromatic rings. The number of aryl methyl sites for hydroxylation is 1. The van der Waals surface area contributed by atoms with Crippen molar-refractivity contribution in [1.82, 2.24) is 4.98 Å². The molecular formula is C9H10F3NO. The molecule has 0 aliphatic rings. The van der Waals surface area contributed by atoms with Gasteiger partial charge in [-0.2, -0.15) is 13.2 Å². The summed E-state index contributed by atoms with van der Waals surface area (Å²) in [5.74, 6) is 0.231. The summed E-state index contributed by atoms with van der Waals surface area (Å²) in [6.07, 6.45) is -3.63. The first kappa shape index (κ1) is 10.8. The fraction of sp³-hybridized carbons (Fsp3) is 0.444. The van der Waals surface area contributed by atoms with E-state index in [1.807, 2.05) is 6.92 Å². The smallest absolute Gasteiger partial charge is 0.392 e. The van der Waals surface area contributed by atoms with Gasteiger partial charge in [-0.1, -0.05) is 0 Å². The summed E-state index contributed by atoms with van der Waals surface area (Å²) >= 11 is 0. The van der Waals surface area contributed by atoms with Gasteiger partial charge in [0.2, 0.25) is 5.88 Å². The Morgan fingerprint density at radius 1 is 1.43 bits per heavy atom. The first-order valence-electron chi connectivity index (χ1n) is 4.09. The van der Waals surface area contributed by atoms with Crippen molar-refractivity contribution < 1.29 is 17.9 Å². The lowest BCUT2D eigenvalue weighted by Gasteiger charge is -2.07. The van der Waals surface area contributed by atoms with Gasteiger partial charge in [0.25, 0.3) is 0 Å². The van der Waals surface area contributed by atoms with Gasteiger partial charge in [0.05, 0.1) is 13.0 Å². The highest BCUT2D eigenvalue weighted by molar-refractivity contribution is 5.18. The van der Waals surface area contributed by atoms with E-state index in [1.54, 1.807) is 12.1 Å². The van der Waals surface area contributed by atoms with Crippen molar-refractivity contribution in [2.75, 3.05) is 6.61 Å². The normalized spacial score (nSPS) is 11.4. The Hall–Kier alpha value is -1.26. The summed E-state index contributed by atoms with van der Waals surface area (Å²) in [4.78, 5) is 3.77. The monoisotopic (exact) mass is 205 g/mol. The second-order valence-corrected chi connectivity index (χ2v) is 2.89. The lowest BCUT2D eigenvalue weighted by atomic mass is 10.3. The third kappa shape index (κ3) is 4.11. The van der Waals surface area contributed by atoms with Crippen molar-refractivity contribution in [2.24, 2.45) is 0 Å². The highest BCUT2D eigenvalue weighted by Crippen LogP contribution is 2.19. The Morgan fingerprint density at radius 2 is 2.14 bits per heavy atom. The number of pyridine rings is 1. The number of nitrogens with zero attached hydrogens (tertiary/aromatic N) is 1. The Labute approximate surface area is 79.7 Å².